The van der Waals surface area contributed by atoms with E-state index in [0.717, 1.165) is 10.0 Å². The molecule has 0 spiro atoms. The van der Waals surface area contributed by atoms with Gasteiger partial charge in [0, 0.05) is 17.4 Å². The van der Waals surface area contributed by atoms with Crippen LogP contribution in [0.1, 0.15) is 12.0 Å². The van der Waals surface area contributed by atoms with Crippen molar-refractivity contribution in [2.45, 2.75) is 19.3 Å². The molecule has 88 valence electrons. The summed E-state index contributed by atoms with van der Waals surface area (Å²) in [5.41, 5.74) is 8.11. The molecule has 0 aromatic heterocycles. The molecule has 1 heterocycles. The van der Waals surface area contributed by atoms with Crippen LogP contribution in [0.25, 0.3) is 0 Å². The second kappa shape index (κ2) is 3.87. The first-order valence-corrected chi connectivity index (χ1v) is 5.87. The molecule has 1 saturated heterocycles. The Hall–Kier alpha value is -0.840. The molecule has 1 aromatic rings. The first kappa shape index (κ1) is 11.6. The zero-order valence-corrected chi connectivity index (χ0v) is 10.5. The molecule has 2 rings (SSSR count). The minimum absolute atomic E-state index is 0.0957. The lowest BCUT2D eigenvalue weighted by atomic mass is 10.1. The summed E-state index contributed by atoms with van der Waals surface area (Å²) >= 11 is 3.36. The normalized spacial score (nSPS) is 19.1. The van der Waals surface area contributed by atoms with Crippen molar-refractivity contribution >= 4 is 27.3 Å². The zero-order valence-electron chi connectivity index (χ0n) is 8.93. The minimum Gasteiger partial charge on any atom is -0.397 e. The number of alkyl halides is 2. The van der Waals surface area contributed by atoms with Gasteiger partial charge in [-0.3, -0.25) is 0 Å². The molecule has 1 aromatic carbocycles. The van der Waals surface area contributed by atoms with Crippen molar-refractivity contribution in [1.29, 1.82) is 0 Å². The van der Waals surface area contributed by atoms with Crippen LogP contribution in [0.4, 0.5) is 20.2 Å². The molecule has 1 fully saturated rings. The van der Waals surface area contributed by atoms with Crippen LogP contribution >= 0.6 is 15.9 Å². The maximum atomic E-state index is 13.1. The quantitative estimate of drug-likeness (QED) is 0.805. The Morgan fingerprint density at radius 1 is 1.44 bits per heavy atom. The van der Waals surface area contributed by atoms with E-state index in [1.807, 2.05) is 13.0 Å². The summed E-state index contributed by atoms with van der Waals surface area (Å²) in [6.45, 7) is 1.99. The average Bonchev–Trinajstić information content (AvgIpc) is 2.55. The first-order valence-electron chi connectivity index (χ1n) is 5.08. The van der Waals surface area contributed by atoms with E-state index in [0.29, 0.717) is 17.9 Å². The molecule has 5 heteroatoms. The highest BCUT2D eigenvalue weighted by Crippen LogP contribution is 2.36. The summed E-state index contributed by atoms with van der Waals surface area (Å²) in [7, 11) is 0. The van der Waals surface area contributed by atoms with Gasteiger partial charge in [0.05, 0.1) is 17.9 Å². The summed E-state index contributed by atoms with van der Waals surface area (Å²) in [6, 6.07) is 3.63. The second-order valence-electron chi connectivity index (χ2n) is 4.13. The fourth-order valence-electron chi connectivity index (χ4n) is 1.90. The lowest BCUT2D eigenvalue weighted by Gasteiger charge is -2.21. The summed E-state index contributed by atoms with van der Waals surface area (Å²) < 4.78 is 27.1. The minimum atomic E-state index is -2.59. The van der Waals surface area contributed by atoms with Crippen molar-refractivity contribution in [3.63, 3.8) is 0 Å². The van der Waals surface area contributed by atoms with Crippen LogP contribution in [0.15, 0.2) is 16.6 Å². The number of nitrogens with two attached hydrogens (primary N) is 1. The molecule has 0 amide bonds. The summed E-state index contributed by atoms with van der Waals surface area (Å²) in [4.78, 5) is 1.65. The molecular formula is C11H13BrF2N2. The van der Waals surface area contributed by atoms with Crippen LogP contribution in [0.2, 0.25) is 0 Å². The summed E-state index contributed by atoms with van der Waals surface area (Å²) in [6.07, 6.45) is -0.0957. The van der Waals surface area contributed by atoms with Crippen LogP contribution in [0.5, 0.6) is 0 Å². The van der Waals surface area contributed by atoms with E-state index < -0.39 is 5.92 Å². The maximum Gasteiger partial charge on any atom is 0.266 e. The number of hydrogen-bond donors (Lipinski definition) is 1. The van der Waals surface area contributed by atoms with Gasteiger partial charge in [0.1, 0.15) is 0 Å². The third kappa shape index (κ3) is 2.00. The number of rotatable bonds is 1. The predicted octanol–water partition coefficient (Wildman–Crippen LogP) is 3.19. The number of halogens is 3. The van der Waals surface area contributed by atoms with Crippen molar-refractivity contribution in [2.24, 2.45) is 0 Å². The third-order valence-electron chi connectivity index (χ3n) is 2.94. The Morgan fingerprint density at radius 2 is 2.12 bits per heavy atom. The highest BCUT2D eigenvalue weighted by atomic mass is 79.9. The maximum absolute atomic E-state index is 13.1. The topological polar surface area (TPSA) is 29.3 Å². The van der Waals surface area contributed by atoms with Crippen LogP contribution in [-0.4, -0.2) is 19.0 Å². The van der Waals surface area contributed by atoms with Gasteiger partial charge in [0.15, 0.2) is 0 Å². The van der Waals surface area contributed by atoms with Crippen LogP contribution in [-0.2, 0) is 0 Å². The van der Waals surface area contributed by atoms with Crippen LogP contribution in [0, 0.1) is 6.92 Å². The van der Waals surface area contributed by atoms with E-state index in [9.17, 15) is 8.78 Å². The largest absolute Gasteiger partial charge is 0.397 e. The van der Waals surface area contributed by atoms with E-state index in [4.69, 9.17) is 5.73 Å². The highest BCUT2D eigenvalue weighted by Gasteiger charge is 2.38. The van der Waals surface area contributed by atoms with Crippen molar-refractivity contribution in [1.82, 2.24) is 0 Å². The van der Waals surface area contributed by atoms with E-state index in [1.54, 1.807) is 11.0 Å². The van der Waals surface area contributed by atoms with Gasteiger partial charge in [-0.15, -0.1) is 0 Å². The molecule has 1 aliphatic heterocycles. The lowest BCUT2D eigenvalue weighted by Crippen LogP contribution is -2.25. The molecule has 0 aliphatic carbocycles. The Kier molecular flexibility index (Phi) is 2.82. The monoisotopic (exact) mass is 290 g/mol. The number of nitrogen functional groups attached to an aromatic ring is 1. The van der Waals surface area contributed by atoms with Crippen LogP contribution < -0.4 is 10.6 Å². The Labute approximate surface area is 102 Å². The molecule has 1 aliphatic rings. The Balaban J connectivity index is 2.32. The van der Waals surface area contributed by atoms with E-state index in [1.165, 1.54) is 0 Å². The molecule has 0 unspecified atom stereocenters. The smallest absolute Gasteiger partial charge is 0.266 e. The Bertz CT molecular complexity index is 421. The molecular weight excluding hydrogens is 278 g/mol. The van der Waals surface area contributed by atoms with E-state index in [-0.39, 0.29) is 13.0 Å². The van der Waals surface area contributed by atoms with Gasteiger partial charge in [-0.2, -0.15) is 0 Å². The number of anilines is 2. The van der Waals surface area contributed by atoms with Gasteiger partial charge in [0.25, 0.3) is 5.92 Å². The zero-order chi connectivity index (χ0) is 11.9. The van der Waals surface area contributed by atoms with E-state index in [2.05, 4.69) is 15.9 Å². The number of nitrogens with zero attached hydrogens (tertiary/aromatic N) is 1. The van der Waals surface area contributed by atoms with E-state index >= 15 is 0 Å². The molecule has 0 atom stereocenters. The lowest BCUT2D eigenvalue weighted by molar-refractivity contribution is 0.0257. The molecule has 2 N–H and O–H groups in total. The van der Waals surface area contributed by atoms with Gasteiger partial charge in [0.2, 0.25) is 0 Å². The van der Waals surface area contributed by atoms with Gasteiger partial charge in [-0.1, -0.05) is 15.9 Å². The third-order valence-corrected chi connectivity index (χ3v) is 3.80. The standard InChI is InChI=1S/C11H13BrF2N2/c1-7-8(12)2-3-9(10(7)15)16-5-4-11(13,14)6-16/h2-3H,4-6,15H2,1H3. The van der Waals surface area contributed by atoms with Gasteiger partial charge in [-0.25, -0.2) is 8.78 Å². The SMILES string of the molecule is Cc1c(Br)ccc(N2CCC(F)(F)C2)c1N. The fraction of sp³-hybridized carbons (Fsp3) is 0.455. The number of benzene rings is 1. The van der Waals surface area contributed by atoms with Crippen LogP contribution in [0.3, 0.4) is 0 Å². The molecule has 0 bridgehead atoms. The number of hydrogen-bond acceptors (Lipinski definition) is 2. The van der Waals surface area contributed by atoms with Gasteiger partial charge in [-0.05, 0) is 24.6 Å². The molecule has 0 saturated carbocycles. The predicted molar refractivity (Wildman–Crippen MR) is 65.1 cm³/mol. The second-order valence-corrected chi connectivity index (χ2v) is 4.99. The average molecular weight is 291 g/mol. The molecule has 16 heavy (non-hydrogen) atoms. The fourth-order valence-corrected chi connectivity index (χ4v) is 2.25. The summed E-state index contributed by atoms with van der Waals surface area (Å²) in [5, 5.41) is 0. The van der Waals surface area contributed by atoms with Crippen molar-refractivity contribution in [3.8, 4) is 0 Å². The summed E-state index contributed by atoms with van der Waals surface area (Å²) in [5.74, 6) is -2.59. The van der Waals surface area contributed by atoms with Gasteiger partial charge >= 0.3 is 0 Å². The van der Waals surface area contributed by atoms with Crippen molar-refractivity contribution in [2.75, 3.05) is 23.7 Å². The van der Waals surface area contributed by atoms with Gasteiger partial charge < -0.3 is 10.6 Å². The molecule has 2 nitrogen and oxygen atoms in total. The Morgan fingerprint density at radius 3 is 2.69 bits per heavy atom. The van der Waals surface area contributed by atoms with Crippen molar-refractivity contribution < 1.29 is 8.78 Å². The van der Waals surface area contributed by atoms with Crippen molar-refractivity contribution in [3.05, 3.63) is 22.2 Å². The molecule has 0 radical (unpaired) electrons. The first-order chi connectivity index (χ1) is 7.41. The highest BCUT2D eigenvalue weighted by molar-refractivity contribution is 9.10.